The van der Waals surface area contributed by atoms with Crippen molar-refractivity contribution in [3.63, 3.8) is 0 Å². The Kier molecular flexibility index (Phi) is 6.97. The fraction of sp³-hybridized carbons (Fsp3) is 0.300. The molecule has 0 aliphatic carbocycles. The van der Waals surface area contributed by atoms with Crippen LogP contribution in [0.3, 0.4) is 0 Å². The molecule has 2 unspecified atom stereocenters. The molecule has 7 heteroatoms. The van der Waals surface area contributed by atoms with E-state index < -0.39 is 30.7 Å². The summed E-state index contributed by atoms with van der Waals surface area (Å²) in [4.78, 5) is 12.2. The molecule has 1 N–H and O–H groups in total. The average molecular weight is 376 g/mol. The van der Waals surface area contributed by atoms with Crippen LogP contribution in [-0.2, 0) is 15.2 Å². The Balaban J connectivity index is 2.27. The number of carbonyl (C=O) groups is 1. The number of halogens is 3. The average Bonchev–Trinajstić information content (AvgIpc) is 2.69. The second kappa shape index (κ2) is 9.19. The van der Waals surface area contributed by atoms with Crippen molar-refractivity contribution in [2.24, 2.45) is 0 Å². The smallest absolute Gasteiger partial charge is 0.327 e. The van der Waals surface area contributed by atoms with Gasteiger partial charge in [-0.1, -0.05) is 42.5 Å². The monoisotopic (exact) mass is 376 g/mol. The lowest BCUT2D eigenvalue weighted by Crippen LogP contribution is -2.43. The number of nitrogens with one attached hydrogen (secondary N) is 1. The predicted molar refractivity (Wildman–Crippen MR) is 93.8 cm³/mol. The first-order chi connectivity index (χ1) is 12.9. The first-order valence-electron chi connectivity index (χ1n) is 8.35. The molecule has 0 amide bonds. The number of hydrogen-bond donors (Lipinski definition) is 1. The summed E-state index contributed by atoms with van der Waals surface area (Å²) in [6.45, 7) is 0.916. The van der Waals surface area contributed by atoms with Crippen molar-refractivity contribution in [3.05, 3.63) is 71.3 Å². The van der Waals surface area contributed by atoms with Crippen LogP contribution in [-0.4, -0.2) is 25.5 Å². The highest BCUT2D eigenvalue weighted by molar-refractivity contribution is 5.77. The molecule has 2 aromatic carbocycles. The number of alkyl halides is 3. The molecule has 2 rings (SSSR count). The standard InChI is InChI=1S/C20H19F3N2O2/c1-2-27-18(26)17(15-6-4-3-5-7-15)25-13-20(23,19(21)22)16-10-8-14(12-24)9-11-16/h3-11,17,19,25H,2,13H2,1H3. The Bertz CT molecular complexity index is 791. The Hall–Kier alpha value is -2.85. The maximum absolute atomic E-state index is 15.2. The highest BCUT2D eigenvalue weighted by atomic mass is 19.3. The van der Waals surface area contributed by atoms with Crippen LogP contribution in [0.4, 0.5) is 13.2 Å². The van der Waals surface area contributed by atoms with Crippen molar-refractivity contribution in [1.82, 2.24) is 5.32 Å². The maximum Gasteiger partial charge on any atom is 0.327 e. The summed E-state index contributed by atoms with van der Waals surface area (Å²) in [5, 5.41) is 11.4. The molecule has 142 valence electrons. The van der Waals surface area contributed by atoms with Crippen LogP contribution >= 0.6 is 0 Å². The van der Waals surface area contributed by atoms with Gasteiger partial charge in [-0.05, 0) is 30.2 Å². The van der Waals surface area contributed by atoms with Gasteiger partial charge in [-0.15, -0.1) is 0 Å². The minimum Gasteiger partial charge on any atom is -0.465 e. The maximum atomic E-state index is 15.2. The molecule has 4 nitrogen and oxygen atoms in total. The molecule has 0 radical (unpaired) electrons. The zero-order chi connectivity index (χ0) is 19.9. The first-order valence-corrected chi connectivity index (χ1v) is 8.35. The lowest BCUT2D eigenvalue weighted by Gasteiger charge is -2.28. The summed E-state index contributed by atoms with van der Waals surface area (Å²) in [6, 6.07) is 13.9. The number of rotatable bonds is 8. The van der Waals surface area contributed by atoms with Crippen molar-refractivity contribution in [2.45, 2.75) is 25.1 Å². The molecule has 0 fully saturated rings. The highest BCUT2D eigenvalue weighted by Crippen LogP contribution is 2.33. The predicted octanol–water partition coefficient (Wildman–Crippen LogP) is 3.88. The molecular weight excluding hydrogens is 357 g/mol. The van der Waals surface area contributed by atoms with Crippen molar-refractivity contribution in [2.75, 3.05) is 13.2 Å². The third kappa shape index (κ3) is 4.86. The SMILES string of the molecule is CCOC(=O)C(NCC(F)(c1ccc(C#N)cc1)C(F)F)c1ccccc1. The molecule has 0 aliphatic heterocycles. The Labute approximate surface area is 155 Å². The highest BCUT2D eigenvalue weighted by Gasteiger charge is 2.43. The zero-order valence-corrected chi connectivity index (χ0v) is 14.7. The molecule has 27 heavy (non-hydrogen) atoms. The van der Waals surface area contributed by atoms with Gasteiger partial charge < -0.3 is 4.74 Å². The van der Waals surface area contributed by atoms with E-state index in [2.05, 4.69) is 5.32 Å². The van der Waals surface area contributed by atoms with Crippen LogP contribution in [0.25, 0.3) is 0 Å². The van der Waals surface area contributed by atoms with Gasteiger partial charge in [0.15, 0.2) is 0 Å². The van der Waals surface area contributed by atoms with Gasteiger partial charge in [0, 0.05) is 6.54 Å². The number of benzene rings is 2. The number of carbonyl (C=O) groups excluding carboxylic acids is 1. The van der Waals surface area contributed by atoms with Gasteiger partial charge >= 0.3 is 5.97 Å². The number of ether oxygens (including phenoxy) is 1. The Morgan fingerprint density at radius 2 is 1.81 bits per heavy atom. The second-order valence-electron chi connectivity index (χ2n) is 5.83. The van der Waals surface area contributed by atoms with Crippen LogP contribution in [0.2, 0.25) is 0 Å². The molecule has 0 aliphatic rings. The molecule has 2 atom stereocenters. The fourth-order valence-electron chi connectivity index (χ4n) is 2.59. The van der Waals surface area contributed by atoms with Crippen molar-refractivity contribution in [3.8, 4) is 6.07 Å². The van der Waals surface area contributed by atoms with E-state index in [0.29, 0.717) is 5.56 Å². The lowest BCUT2D eigenvalue weighted by atomic mass is 9.94. The molecule has 0 saturated carbocycles. The fourth-order valence-corrected chi connectivity index (χ4v) is 2.59. The Morgan fingerprint density at radius 3 is 2.33 bits per heavy atom. The summed E-state index contributed by atoms with van der Waals surface area (Å²) in [5.74, 6) is -0.680. The second-order valence-corrected chi connectivity index (χ2v) is 5.83. The van der Waals surface area contributed by atoms with Crippen molar-refractivity contribution < 1.29 is 22.7 Å². The van der Waals surface area contributed by atoms with E-state index in [1.54, 1.807) is 37.3 Å². The normalized spacial score (nSPS) is 14.2. The molecule has 0 aromatic heterocycles. The van der Waals surface area contributed by atoms with Gasteiger partial charge in [-0.2, -0.15) is 5.26 Å². The minimum absolute atomic E-state index is 0.106. The molecule has 0 saturated heterocycles. The van der Waals surface area contributed by atoms with Crippen LogP contribution in [0.1, 0.15) is 29.7 Å². The molecule has 0 spiro atoms. The van der Waals surface area contributed by atoms with Crippen LogP contribution < -0.4 is 5.32 Å². The summed E-state index contributed by atoms with van der Waals surface area (Å²) < 4.78 is 47.2. The Morgan fingerprint density at radius 1 is 1.19 bits per heavy atom. The van der Waals surface area contributed by atoms with Gasteiger partial charge in [-0.3, -0.25) is 5.32 Å². The number of nitriles is 1. The first kappa shape index (κ1) is 20.5. The van der Waals surface area contributed by atoms with E-state index in [0.717, 1.165) is 12.1 Å². The summed E-state index contributed by atoms with van der Waals surface area (Å²) in [6.07, 6.45) is -3.34. The summed E-state index contributed by atoms with van der Waals surface area (Å²) in [5.41, 5.74) is -2.60. The van der Waals surface area contributed by atoms with Gasteiger partial charge in [-0.25, -0.2) is 18.0 Å². The zero-order valence-electron chi connectivity index (χ0n) is 14.7. The van der Waals surface area contributed by atoms with E-state index in [-0.39, 0.29) is 17.7 Å². The van der Waals surface area contributed by atoms with Gasteiger partial charge in [0.05, 0.1) is 18.2 Å². The molecular formula is C20H19F3N2O2. The van der Waals surface area contributed by atoms with E-state index >= 15 is 4.39 Å². The molecule has 2 aromatic rings. The van der Waals surface area contributed by atoms with Crippen LogP contribution in [0.15, 0.2) is 54.6 Å². The van der Waals surface area contributed by atoms with E-state index in [1.807, 2.05) is 6.07 Å². The van der Waals surface area contributed by atoms with Gasteiger partial charge in [0.1, 0.15) is 6.04 Å². The van der Waals surface area contributed by atoms with Crippen LogP contribution in [0.5, 0.6) is 0 Å². The molecule has 0 bridgehead atoms. The quantitative estimate of drug-likeness (QED) is 0.710. The number of esters is 1. The van der Waals surface area contributed by atoms with Crippen LogP contribution in [0, 0.1) is 11.3 Å². The largest absolute Gasteiger partial charge is 0.465 e. The van der Waals surface area contributed by atoms with Crippen molar-refractivity contribution >= 4 is 5.97 Å². The third-order valence-electron chi connectivity index (χ3n) is 4.06. The summed E-state index contributed by atoms with van der Waals surface area (Å²) >= 11 is 0. The number of nitrogens with zero attached hydrogens (tertiary/aromatic N) is 1. The van der Waals surface area contributed by atoms with Gasteiger partial charge in [0.2, 0.25) is 5.67 Å². The van der Waals surface area contributed by atoms with E-state index in [1.165, 1.54) is 12.1 Å². The van der Waals surface area contributed by atoms with E-state index in [9.17, 15) is 13.6 Å². The topological polar surface area (TPSA) is 62.1 Å². The van der Waals surface area contributed by atoms with Crippen molar-refractivity contribution in [1.29, 1.82) is 5.26 Å². The molecule has 0 heterocycles. The minimum atomic E-state index is -3.34. The van der Waals surface area contributed by atoms with Gasteiger partial charge in [0.25, 0.3) is 6.43 Å². The third-order valence-corrected chi connectivity index (χ3v) is 4.06. The summed E-state index contributed by atoms with van der Waals surface area (Å²) in [7, 11) is 0. The van der Waals surface area contributed by atoms with E-state index in [4.69, 9.17) is 10.00 Å². The number of hydrogen-bond acceptors (Lipinski definition) is 4. The lowest BCUT2D eigenvalue weighted by molar-refractivity contribution is -0.146.